The van der Waals surface area contributed by atoms with Crippen LogP contribution in [-0.2, 0) is 20.1 Å². The van der Waals surface area contributed by atoms with Crippen molar-refractivity contribution in [1.29, 1.82) is 0 Å². The second-order valence-corrected chi connectivity index (χ2v) is 6.17. The molecule has 0 amide bonds. The van der Waals surface area contributed by atoms with Crippen molar-refractivity contribution < 1.29 is 4.42 Å². The first-order valence-corrected chi connectivity index (χ1v) is 8.16. The van der Waals surface area contributed by atoms with Gasteiger partial charge in [0, 0.05) is 17.6 Å². The Balaban J connectivity index is 1.99. The molecule has 0 radical (unpaired) electrons. The van der Waals surface area contributed by atoms with E-state index in [0.29, 0.717) is 18.9 Å². The van der Waals surface area contributed by atoms with E-state index in [1.165, 1.54) is 17.7 Å². The number of aromatic nitrogens is 2. The van der Waals surface area contributed by atoms with E-state index in [0.717, 1.165) is 20.4 Å². The molecule has 6 nitrogen and oxygen atoms in total. The van der Waals surface area contributed by atoms with Crippen LogP contribution in [0.15, 0.2) is 67.2 Å². The number of halogens is 1. The standard InChI is InChI=1S/C17H16BrN3O3/c1-20-16(22)9-15(19-10-13-6-4-8-24-13)21(17(20)23)11-12-5-2-3-7-14(12)18/h2-9,19H,10-11H2,1H3. The summed E-state index contributed by atoms with van der Waals surface area (Å²) >= 11 is 3.49. The first kappa shape index (κ1) is 16.3. The molecule has 7 heteroatoms. The van der Waals surface area contributed by atoms with Crippen LogP contribution in [0, 0.1) is 0 Å². The summed E-state index contributed by atoms with van der Waals surface area (Å²) in [6.45, 7) is 0.727. The molecule has 0 bridgehead atoms. The number of nitrogens with one attached hydrogen (secondary N) is 1. The Hall–Kier alpha value is -2.54. The van der Waals surface area contributed by atoms with Gasteiger partial charge in [0.15, 0.2) is 0 Å². The third kappa shape index (κ3) is 3.35. The van der Waals surface area contributed by atoms with Crippen LogP contribution >= 0.6 is 15.9 Å². The Morgan fingerprint density at radius 1 is 1.17 bits per heavy atom. The smallest absolute Gasteiger partial charge is 0.332 e. The summed E-state index contributed by atoms with van der Waals surface area (Å²) < 4.78 is 8.81. The lowest BCUT2D eigenvalue weighted by Crippen LogP contribution is -2.39. The lowest BCUT2D eigenvalue weighted by atomic mass is 10.2. The molecule has 3 aromatic rings. The van der Waals surface area contributed by atoms with Crippen LogP contribution in [0.3, 0.4) is 0 Å². The monoisotopic (exact) mass is 389 g/mol. The SMILES string of the molecule is Cn1c(=O)cc(NCc2ccco2)n(Cc2ccccc2Br)c1=O. The van der Waals surface area contributed by atoms with E-state index in [4.69, 9.17) is 4.42 Å². The van der Waals surface area contributed by atoms with E-state index in [9.17, 15) is 9.59 Å². The minimum Gasteiger partial charge on any atom is -0.467 e. The van der Waals surface area contributed by atoms with Gasteiger partial charge in [-0.05, 0) is 23.8 Å². The van der Waals surface area contributed by atoms with Crippen LogP contribution in [0.5, 0.6) is 0 Å². The lowest BCUT2D eigenvalue weighted by Gasteiger charge is -2.15. The van der Waals surface area contributed by atoms with Crippen molar-refractivity contribution in [3.8, 4) is 0 Å². The number of nitrogens with zero attached hydrogens (tertiary/aromatic N) is 2. The van der Waals surface area contributed by atoms with Crippen molar-refractivity contribution in [2.24, 2.45) is 7.05 Å². The molecule has 0 aliphatic carbocycles. The van der Waals surface area contributed by atoms with Crippen LogP contribution in [0.4, 0.5) is 5.82 Å². The molecule has 24 heavy (non-hydrogen) atoms. The number of furan rings is 1. The van der Waals surface area contributed by atoms with E-state index in [2.05, 4.69) is 21.2 Å². The number of rotatable bonds is 5. The molecule has 0 aliphatic rings. The zero-order valence-corrected chi connectivity index (χ0v) is 14.6. The van der Waals surface area contributed by atoms with Crippen molar-refractivity contribution >= 4 is 21.7 Å². The van der Waals surface area contributed by atoms with E-state index in [-0.39, 0.29) is 11.2 Å². The Kier molecular flexibility index (Phi) is 4.71. The molecule has 3 rings (SSSR count). The molecule has 0 saturated heterocycles. The Bertz CT molecular complexity index is 958. The molecule has 2 aromatic heterocycles. The second kappa shape index (κ2) is 6.92. The molecule has 0 atom stereocenters. The summed E-state index contributed by atoms with van der Waals surface area (Å²) in [5, 5.41) is 3.10. The number of hydrogen-bond acceptors (Lipinski definition) is 4. The number of anilines is 1. The minimum absolute atomic E-state index is 0.342. The largest absolute Gasteiger partial charge is 0.467 e. The van der Waals surface area contributed by atoms with Gasteiger partial charge in [-0.3, -0.25) is 13.9 Å². The highest BCUT2D eigenvalue weighted by Gasteiger charge is 2.11. The van der Waals surface area contributed by atoms with Gasteiger partial charge in [0.1, 0.15) is 11.6 Å². The fraction of sp³-hybridized carbons (Fsp3) is 0.176. The Labute approximate surface area is 146 Å². The Morgan fingerprint density at radius 3 is 2.67 bits per heavy atom. The van der Waals surface area contributed by atoms with Gasteiger partial charge >= 0.3 is 5.69 Å². The Morgan fingerprint density at radius 2 is 1.96 bits per heavy atom. The van der Waals surface area contributed by atoms with Crippen molar-refractivity contribution in [2.45, 2.75) is 13.1 Å². The van der Waals surface area contributed by atoms with Crippen molar-refractivity contribution in [3.63, 3.8) is 0 Å². The van der Waals surface area contributed by atoms with Crippen LogP contribution < -0.4 is 16.6 Å². The summed E-state index contributed by atoms with van der Waals surface area (Å²) in [4.78, 5) is 24.5. The normalized spacial score (nSPS) is 10.8. The van der Waals surface area contributed by atoms with Gasteiger partial charge in [0.2, 0.25) is 0 Å². The van der Waals surface area contributed by atoms with Crippen LogP contribution in [-0.4, -0.2) is 9.13 Å². The molecule has 1 N–H and O–H groups in total. The van der Waals surface area contributed by atoms with E-state index >= 15 is 0 Å². The van der Waals surface area contributed by atoms with Crippen molar-refractivity contribution in [3.05, 3.63) is 85.4 Å². The topological polar surface area (TPSA) is 69.2 Å². The molecular formula is C17H16BrN3O3. The maximum absolute atomic E-state index is 12.5. The molecule has 0 unspecified atom stereocenters. The van der Waals surface area contributed by atoms with Crippen molar-refractivity contribution in [2.75, 3.05) is 5.32 Å². The molecule has 0 saturated carbocycles. The van der Waals surface area contributed by atoms with Crippen LogP contribution in [0.2, 0.25) is 0 Å². The summed E-state index contributed by atoms with van der Waals surface area (Å²) in [5.41, 5.74) is 0.213. The van der Waals surface area contributed by atoms with Gasteiger partial charge in [-0.25, -0.2) is 4.79 Å². The first-order valence-electron chi connectivity index (χ1n) is 7.37. The van der Waals surface area contributed by atoms with E-state index in [1.54, 1.807) is 12.3 Å². The second-order valence-electron chi connectivity index (χ2n) is 5.32. The first-order chi connectivity index (χ1) is 11.6. The molecule has 0 aliphatic heterocycles. The van der Waals surface area contributed by atoms with Gasteiger partial charge < -0.3 is 9.73 Å². The van der Waals surface area contributed by atoms with Gasteiger partial charge in [-0.1, -0.05) is 34.1 Å². The maximum atomic E-state index is 12.5. The van der Waals surface area contributed by atoms with Gasteiger partial charge in [0.25, 0.3) is 5.56 Å². The maximum Gasteiger partial charge on any atom is 0.332 e. The van der Waals surface area contributed by atoms with Crippen LogP contribution in [0.25, 0.3) is 0 Å². The van der Waals surface area contributed by atoms with Gasteiger partial charge in [-0.15, -0.1) is 0 Å². The molecule has 0 spiro atoms. The minimum atomic E-state index is -0.375. The highest BCUT2D eigenvalue weighted by atomic mass is 79.9. The van der Waals surface area contributed by atoms with Gasteiger partial charge in [-0.2, -0.15) is 0 Å². The third-order valence-electron chi connectivity index (χ3n) is 3.71. The molecule has 0 fully saturated rings. The number of benzene rings is 1. The fourth-order valence-electron chi connectivity index (χ4n) is 2.36. The zero-order chi connectivity index (χ0) is 17.1. The highest BCUT2D eigenvalue weighted by Crippen LogP contribution is 2.18. The zero-order valence-electron chi connectivity index (χ0n) is 13.0. The predicted molar refractivity (Wildman–Crippen MR) is 95.2 cm³/mol. The fourth-order valence-corrected chi connectivity index (χ4v) is 2.77. The average molecular weight is 390 g/mol. The third-order valence-corrected chi connectivity index (χ3v) is 4.48. The molecule has 2 heterocycles. The predicted octanol–water partition coefficient (Wildman–Crippen LogP) is 2.56. The van der Waals surface area contributed by atoms with E-state index < -0.39 is 0 Å². The van der Waals surface area contributed by atoms with E-state index in [1.807, 2.05) is 30.3 Å². The summed E-state index contributed by atoms with van der Waals surface area (Å²) in [7, 11) is 1.47. The van der Waals surface area contributed by atoms with Crippen LogP contribution in [0.1, 0.15) is 11.3 Å². The summed E-state index contributed by atoms with van der Waals surface area (Å²) in [6.07, 6.45) is 1.58. The van der Waals surface area contributed by atoms with Gasteiger partial charge in [0.05, 0.1) is 19.4 Å². The van der Waals surface area contributed by atoms with Crippen molar-refractivity contribution in [1.82, 2.24) is 9.13 Å². The number of hydrogen-bond donors (Lipinski definition) is 1. The summed E-state index contributed by atoms with van der Waals surface area (Å²) in [6, 6.07) is 12.7. The molecular weight excluding hydrogens is 374 g/mol. The average Bonchev–Trinajstić information content (AvgIpc) is 3.09. The summed E-state index contributed by atoms with van der Waals surface area (Å²) in [5.74, 6) is 1.17. The lowest BCUT2D eigenvalue weighted by molar-refractivity contribution is 0.516. The highest BCUT2D eigenvalue weighted by molar-refractivity contribution is 9.10. The molecule has 124 valence electrons. The molecule has 1 aromatic carbocycles. The quantitative estimate of drug-likeness (QED) is 0.727.